The second-order valence-electron chi connectivity index (χ2n) is 3.72. The Balaban J connectivity index is 2.57. The summed E-state index contributed by atoms with van der Waals surface area (Å²) in [5.74, 6) is 0.693. The van der Waals surface area contributed by atoms with Gasteiger partial charge in [0.05, 0.1) is 0 Å². The van der Waals surface area contributed by atoms with Crippen LogP contribution in [-0.4, -0.2) is 4.57 Å². The van der Waals surface area contributed by atoms with Crippen molar-refractivity contribution in [2.24, 2.45) is 5.92 Å². The van der Waals surface area contributed by atoms with Crippen LogP contribution in [0.15, 0.2) is 21.4 Å². The summed E-state index contributed by atoms with van der Waals surface area (Å²) in [6, 6.07) is 3.48. The number of rotatable bonds is 0. The van der Waals surface area contributed by atoms with E-state index in [1.807, 2.05) is 10.6 Å². The van der Waals surface area contributed by atoms with Gasteiger partial charge in [-0.3, -0.25) is 4.79 Å². The summed E-state index contributed by atoms with van der Waals surface area (Å²) in [6.45, 7) is 3.10. The van der Waals surface area contributed by atoms with Crippen LogP contribution < -0.4 is 5.56 Å². The smallest absolute Gasteiger partial charge is 0.250 e. The molecule has 70 valence electrons. The van der Waals surface area contributed by atoms with Gasteiger partial charge in [0.15, 0.2) is 0 Å². The summed E-state index contributed by atoms with van der Waals surface area (Å²) >= 11 is 3.48. The number of pyridine rings is 1. The maximum Gasteiger partial charge on any atom is 0.250 e. The molecule has 1 aromatic heterocycles. The lowest BCUT2D eigenvalue weighted by atomic mass is 9.97. The zero-order valence-electron chi connectivity index (χ0n) is 7.59. The van der Waals surface area contributed by atoms with Crippen LogP contribution in [0.25, 0.3) is 0 Å². The molecule has 0 N–H and O–H groups in total. The maximum atomic E-state index is 11.5. The van der Waals surface area contributed by atoms with Crippen LogP contribution in [0.2, 0.25) is 0 Å². The van der Waals surface area contributed by atoms with E-state index in [-0.39, 0.29) is 5.56 Å². The predicted octanol–water partition coefficient (Wildman–Crippen LogP) is 2.19. The van der Waals surface area contributed by atoms with Crippen molar-refractivity contribution in [1.29, 1.82) is 0 Å². The van der Waals surface area contributed by atoms with E-state index < -0.39 is 0 Å². The first kappa shape index (κ1) is 9.00. The van der Waals surface area contributed by atoms with Gasteiger partial charge in [0, 0.05) is 22.8 Å². The Labute approximate surface area is 85.7 Å². The third kappa shape index (κ3) is 1.57. The molecule has 0 amide bonds. The van der Waals surface area contributed by atoms with Crippen molar-refractivity contribution < 1.29 is 0 Å². The molecule has 0 saturated carbocycles. The Morgan fingerprint density at radius 3 is 3.08 bits per heavy atom. The minimum Gasteiger partial charge on any atom is -0.312 e. The predicted molar refractivity (Wildman–Crippen MR) is 55.9 cm³/mol. The van der Waals surface area contributed by atoms with E-state index in [4.69, 9.17) is 0 Å². The van der Waals surface area contributed by atoms with Gasteiger partial charge in [-0.1, -0.05) is 6.92 Å². The van der Waals surface area contributed by atoms with E-state index in [0.717, 1.165) is 29.6 Å². The third-order valence-electron chi connectivity index (χ3n) is 2.63. The Kier molecular flexibility index (Phi) is 2.28. The number of halogens is 1. The second-order valence-corrected chi connectivity index (χ2v) is 4.57. The van der Waals surface area contributed by atoms with Gasteiger partial charge in [-0.2, -0.15) is 0 Å². The summed E-state index contributed by atoms with van der Waals surface area (Å²) in [4.78, 5) is 11.5. The Hall–Kier alpha value is -0.570. The molecule has 1 aromatic rings. The first-order valence-corrected chi connectivity index (χ1v) is 5.36. The monoisotopic (exact) mass is 241 g/mol. The van der Waals surface area contributed by atoms with Crippen molar-refractivity contribution in [2.75, 3.05) is 0 Å². The first-order valence-electron chi connectivity index (χ1n) is 4.56. The molecule has 2 nitrogen and oxygen atoms in total. The number of hydrogen-bond donors (Lipinski definition) is 0. The zero-order valence-corrected chi connectivity index (χ0v) is 9.17. The number of fused-ring (bicyclic) bond motifs is 1. The number of aromatic nitrogens is 1. The minimum absolute atomic E-state index is 0.130. The standard InChI is InChI=1S/C10H12BrNO/c1-7-4-5-12-9(6-7)8(11)2-3-10(12)13/h2-3,7H,4-6H2,1H3. The minimum atomic E-state index is 0.130. The molecule has 2 heterocycles. The lowest BCUT2D eigenvalue weighted by Crippen LogP contribution is -2.29. The fraction of sp³-hybridized carbons (Fsp3) is 0.500. The van der Waals surface area contributed by atoms with Crippen LogP contribution in [0.5, 0.6) is 0 Å². The van der Waals surface area contributed by atoms with Crippen molar-refractivity contribution in [2.45, 2.75) is 26.3 Å². The highest BCUT2D eigenvalue weighted by Crippen LogP contribution is 2.24. The molecule has 0 bridgehead atoms. The van der Waals surface area contributed by atoms with Crippen LogP contribution in [0.1, 0.15) is 19.0 Å². The van der Waals surface area contributed by atoms with Crippen LogP contribution in [0, 0.1) is 5.92 Å². The van der Waals surface area contributed by atoms with Gasteiger partial charge in [0.25, 0.3) is 5.56 Å². The van der Waals surface area contributed by atoms with Gasteiger partial charge in [-0.25, -0.2) is 0 Å². The lowest BCUT2D eigenvalue weighted by Gasteiger charge is -2.23. The summed E-state index contributed by atoms with van der Waals surface area (Å²) in [6.07, 6.45) is 2.13. The SMILES string of the molecule is CC1CCn2c(c(Br)ccc2=O)C1. The van der Waals surface area contributed by atoms with Crippen molar-refractivity contribution >= 4 is 15.9 Å². The molecule has 0 radical (unpaired) electrons. The van der Waals surface area contributed by atoms with Crippen molar-refractivity contribution in [3.05, 3.63) is 32.7 Å². The largest absolute Gasteiger partial charge is 0.312 e. The fourth-order valence-corrected chi connectivity index (χ4v) is 2.34. The van der Waals surface area contributed by atoms with Gasteiger partial charge in [-0.05, 0) is 40.8 Å². The summed E-state index contributed by atoms with van der Waals surface area (Å²) in [5, 5.41) is 0. The molecule has 1 aliphatic rings. The van der Waals surface area contributed by atoms with E-state index in [2.05, 4.69) is 22.9 Å². The number of nitrogens with zero attached hydrogens (tertiary/aromatic N) is 1. The van der Waals surface area contributed by atoms with Crippen LogP contribution in [0.4, 0.5) is 0 Å². The topological polar surface area (TPSA) is 22.0 Å². The van der Waals surface area contributed by atoms with Crippen LogP contribution in [0.3, 0.4) is 0 Å². The molecule has 2 rings (SSSR count). The highest BCUT2D eigenvalue weighted by atomic mass is 79.9. The molecule has 0 aromatic carbocycles. The van der Waals surface area contributed by atoms with E-state index >= 15 is 0 Å². The second kappa shape index (κ2) is 3.29. The quantitative estimate of drug-likeness (QED) is 0.683. The molecule has 0 aliphatic carbocycles. The average Bonchev–Trinajstić information content (AvgIpc) is 2.12. The Bertz CT molecular complexity index is 383. The van der Waals surface area contributed by atoms with Crippen LogP contribution in [-0.2, 0) is 13.0 Å². The fourth-order valence-electron chi connectivity index (χ4n) is 1.83. The molecule has 1 unspecified atom stereocenters. The first-order chi connectivity index (χ1) is 6.18. The molecule has 0 spiro atoms. The Morgan fingerprint density at radius 1 is 1.54 bits per heavy atom. The highest BCUT2D eigenvalue weighted by Gasteiger charge is 2.17. The molecule has 1 aliphatic heterocycles. The maximum absolute atomic E-state index is 11.5. The van der Waals surface area contributed by atoms with Gasteiger partial charge >= 0.3 is 0 Å². The van der Waals surface area contributed by atoms with Gasteiger partial charge in [0.2, 0.25) is 0 Å². The summed E-state index contributed by atoms with van der Waals surface area (Å²) in [5.41, 5.74) is 1.29. The van der Waals surface area contributed by atoms with E-state index in [1.54, 1.807) is 6.07 Å². The van der Waals surface area contributed by atoms with E-state index in [0.29, 0.717) is 5.92 Å². The summed E-state index contributed by atoms with van der Waals surface area (Å²) < 4.78 is 2.95. The van der Waals surface area contributed by atoms with Crippen molar-refractivity contribution in [1.82, 2.24) is 4.57 Å². The average molecular weight is 242 g/mol. The molecular weight excluding hydrogens is 230 g/mol. The van der Waals surface area contributed by atoms with Crippen molar-refractivity contribution in [3.63, 3.8) is 0 Å². The van der Waals surface area contributed by atoms with Crippen LogP contribution >= 0.6 is 15.9 Å². The van der Waals surface area contributed by atoms with E-state index in [1.165, 1.54) is 0 Å². The molecule has 13 heavy (non-hydrogen) atoms. The zero-order chi connectivity index (χ0) is 9.42. The molecule has 1 atom stereocenters. The van der Waals surface area contributed by atoms with Crippen molar-refractivity contribution in [3.8, 4) is 0 Å². The molecule has 0 fully saturated rings. The highest BCUT2D eigenvalue weighted by molar-refractivity contribution is 9.10. The van der Waals surface area contributed by atoms with E-state index in [9.17, 15) is 4.79 Å². The molecular formula is C10H12BrNO. The normalized spacial score (nSPS) is 21.2. The molecule has 0 saturated heterocycles. The lowest BCUT2D eigenvalue weighted by molar-refractivity contribution is 0.404. The number of hydrogen-bond acceptors (Lipinski definition) is 1. The summed E-state index contributed by atoms with van der Waals surface area (Å²) in [7, 11) is 0. The molecule has 3 heteroatoms. The van der Waals surface area contributed by atoms with Gasteiger partial charge in [0.1, 0.15) is 0 Å². The third-order valence-corrected chi connectivity index (χ3v) is 3.35. The Morgan fingerprint density at radius 2 is 2.31 bits per heavy atom. The van der Waals surface area contributed by atoms with Gasteiger partial charge in [-0.15, -0.1) is 0 Å². The van der Waals surface area contributed by atoms with Gasteiger partial charge < -0.3 is 4.57 Å².